The van der Waals surface area contributed by atoms with Gasteiger partial charge in [0.05, 0.1) is 24.9 Å². The zero-order valence-corrected chi connectivity index (χ0v) is 14.3. The van der Waals surface area contributed by atoms with Gasteiger partial charge in [-0.15, -0.1) is 10.2 Å². The number of aryl methyl sites for hydroxylation is 1. The Balaban J connectivity index is 2.01. The van der Waals surface area contributed by atoms with Crippen LogP contribution in [0.1, 0.15) is 21.6 Å². The molecule has 1 aromatic carbocycles. The molecule has 132 valence electrons. The summed E-state index contributed by atoms with van der Waals surface area (Å²) in [6, 6.07) is 10.2. The van der Waals surface area contributed by atoms with Crippen LogP contribution in [0, 0.1) is 6.92 Å². The smallest absolute Gasteiger partial charge is 0.311 e. The van der Waals surface area contributed by atoms with Gasteiger partial charge in [-0.2, -0.15) is 0 Å². The van der Waals surface area contributed by atoms with Crippen molar-refractivity contribution in [1.29, 1.82) is 0 Å². The van der Waals surface area contributed by atoms with E-state index in [1.165, 1.54) is 7.11 Å². The van der Waals surface area contributed by atoms with Crippen molar-refractivity contribution in [3.8, 4) is 0 Å². The molecule has 8 nitrogen and oxygen atoms in total. The Labute approximate surface area is 149 Å². The van der Waals surface area contributed by atoms with Gasteiger partial charge >= 0.3 is 5.97 Å². The highest BCUT2D eigenvalue weighted by molar-refractivity contribution is 5.93. The van der Waals surface area contributed by atoms with Crippen LogP contribution in [-0.2, 0) is 16.0 Å². The molecule has 2 N–H and O–H groups in total. The van der Waals surface area contributed by atoms with Crippen LogP contribution in [-0.4, -0.2) is 28.4 Å². The fraction of sp³-hybridized carbons (Fsp3) is 0.167. The first kappa shape index (κ1) is 17.3. The number of nitrogens with zero attached hydrogens (tertiary/aromatic N) is 4. The number of primary amides is 1. The van der Waals surface area contributed by atoms with Crippen molar-refractivity contribution >= 4 is 29.0 Å². The molecule has 0 atom stereocenters. The lowest BCUT2D eigenvalue weighted by atomic mass is 10.2. The Morgan fingerprint density at radius 2 is 1.92 bits per heavy atom. The molecule has 26 heavy (non-hydrogen) atoms. The Morgan fingerprint density at radius 3 is 2.58 bits per heavy atom. The Bertz CT molecular complexity index is 1010. The van der Waals surface area contributed by atoms with E-state index in [-0.39, 0.29) is 6.42 Å². The number of azo groups is 1. The number of carbonyl (C=O) groups is 2. The molecule has 0 bridgehead atoms. The third-order valence-corrected chi connectivity index (χ3v) is 3.84. The molecule has 2 heterocycles. The fourth-order valence-electron chi connectivity index (χ4n) is 2.47. The number of nitrogens with two attached hydrogens (primary N) is 1. The number of esters is 1. The van der Waals surface area contributed by atoms with Crippen LogP contribution in [0.3, 0.4) is 0 Å². The number of hydrogen-bond donors (Lipinski definition) is 1. The minimum atomic E-state index is -0.508. The monoisotopic (exact) mass is 351 g/mol. The van der Waals surface area contributed by atoms with Gasteiger partial charge in [0.15, 0.2) is 5.82 Å². The average Bonchev–Trinajstić information content (AvgIpc) is 2.98. The summed E-state index contributed by atoms with van der Waals surface area (Å²) in [7, 11) is 1.32. The van der Waals surface area contributed by atoms with Crippen LogP contribution >= 0.6 is 0 Å². The van der Waals surface area contributed by atoms with Crippen LogP contribution in [0.4, 0.5) is 11.5 Å². The van der Waals surface area contributed by atoms with E-state index in [4.69, 9.17) is 10.5 Å². The molecule has 0 aliphatic rings. The van der Waals surface area contributed by atoms with Crippen LogP contribution in [0.2, 0.25) is 0 Å². The van der Waals surface area contributed by atoms with Crippen molar-refractivity contribution in [2.24, 2.45) is 16.0 Å². The zero-order chi connectivity index (χ0) is 18.7. The summed E-state index contributed by atoms with van der Waals surface area (Å²) in [5, 5.41) is 8.45. The molecule has 0 saturated carbocycles. The van der Waals surface area contributed by atoms with E-state index in [1.54, 1.807) is 34.9 Å². The molecule has 0 saturated heterocycles. The van der Waals surface area contributed by atoms with Gasteiger partial charge in [0.2, 0.25) is 5.91 Å². The number of benzene rings is 1. The number of rotatable bonds is 5. The number of pyridine rings is 1. The summed E-state index contributed by atoms with van der Waals surface area (Å²) >= 11 is 0. The first-order chi connectivity index (χ1) is 12.5. The summed E-state index contributed by atoms with van der Waals surface area (Å²) in [6.45, 7) is 1.92. The number of aromatic nitrogens is 2. The maximum atomic E-state index is 11.7. The molecule has 0 fully saturated rings. The number of ether oxygens (including phenoxy) is 1. The summed E-state index contributed by atoms with van der Waals surface area (Å²) in [6.07, 6.45) is 1.80. The third-order valence-electron chi connectivity index (χ3n) is 3.84. The zero-order valence-electron chi connectivity index (χ0n) is 14.3. The van der Waals surface area contributed by atoms with Gasteiger partial charge in [0.1, 0.15) is 5.65 Å². The van der Waals surface area contributed by atoms with Gasteiger partial charge in [-0.1, -0.05) is 6.07 Å². The predicted octanol–water partition coefficient (Wildman–Crippen LogP) is 2.87. The molecular formula is C18H17N5O3. The molecule has 0 spiro atoms. The third kappa shape index (κ3) is 3.44. The van der Waals surface area contributed by atoms with Gasteiger partial charge in [-0.25, -0.2) is 4.98 Å². The molecule has 2 aromatic heterocycles. The maximum Gasteiger partial charge on any atom is 0.311 e. The van der Waals surface area contributed by atoms with Crippen molar-refractivity contribution in [3.05, 3.63) is 59.4 Å². The molecular weight excluding hydrogens is 334 g/mol. The minimum absolute atomic E-state index is 0.00735. The lowest BCUT2D eigenvalue weighted by molar-refractivity contribution is -0.139. The molecule has 0 aliphatic heterocycles. The first-order valence-electron chi connectivity index (χ1n) is 7.84. The second kappa shape index (κ2) is 7.14. The molecule has 0 unspecified atom stereocenters. The van der Waals surface area contributed by atoms with Gasteiger partial charge in [0.25, 0.3) is 0 Å². The maximum absolute atomic E-state index is 11.7. The lowest BCUT2D eigenvalue weighted by Gasteiger charge is -2.00. The highest BCUT2D eigenvalue weighted by Gasteiger charge is 2.16. The van der Waals surface area contributed by atoms with E-state index in [9.17, 15) is 9.59 Å². The van der Waals surface area contributed by atoms with E-state index >= 15 is 0 Å². The molecule has 1 amide bonds. The van der Waals surface area contributed by atoms with Crippen LogP contribution < -0.4 is 5.73 Å². The minimum Gasteiger partial charge on any atom is -0.469 e. The van der Waals surface area contributed by atoms with Crippen molar-refractivity contribution in [2.75, 3.05) is 7.11 Å². The van der Waals surface area contributed by atoms with Crippen LogP contribution in [0.25, 0.3) is 5.65 Å². The Morgan fingerprint density at radius 1 is 1.19 bits per heavy atom. The van der Waals surface area contributed by atoms with Crippen molar-refractivity contribution in [3.63, 3.8) is 0 Å². The SMILES string of the molecule is COC(=O)Cc1nc2c(C)cccn2c1N=Nc1ccc(C(N)=O)cc1. The summed E-state index contributed by atoms with van der Waals surface area (Å²) in [5.41, 5.74) is 8.28. The average molecular weight is 351 g/mol. The molecule has 8 heteroatoms. The molecule has 3 aromatic rings. The molecule has 3 rings (SSSR count). The largest absolute Gasteiger partial charge is 0.469 e. The topological polar surface area (TPSA) is 111 Å². The van der Waals surface area contributed by atoms with Gasteiger partial charge in [-0.3, -0.25) is 14.0 Å². The lowest BCUT2D eigenvalue weighted by Crippen LogP contribution is -2.10. The summed E-state index contributed by atoms with van der Waals surface area (Å²) < 4.78 is 6.50. The van der Waals surface area contributed by atoms with Crippen LogP contribution in [0.15, 0.2) is 52.8 Å². The standard InChI is InChI=1S/C18H17N5O3/c1-11-4-3-9-23-17(11)20-14(10-15(24)26-2)18(23)22-21-13-7-5-12(6-8-13)16(19)25/h3-9H,10H2,1-2H3,(H2,19,25). The van der Waals surface area contributed by atoms with E-state index < -0.39 is 11.9 Å². The quantitative estimate of drug-likeness (QED) is 0.562. The van der Waals surface area contributed by atoms with Crippen molar-refractivity contribution in [1.82, 2.24) is 9.38 Å². The fourth-order valence-corrected chi connectivity index (χ4v) is 2.47. The highest BCUT2D eigenvalue weighted by atomic mass is 16.5. The summed E-state index contributed by atoms with van der Waals surface area (Å²) in [4.78, 5) is 27.3. The molecule has 0 aliphatic carbocycles. The normalized spacial score (nSPS) is 11.2. The number of methoxy groups -OCH3 is 1. The van der Waals surface area contributed by atoms with E-state index in [0.717, 1.165) is 5.56 Å². The van der Waals surface area contributed by atoms with Crippen molar-refractivity contribution < 1.29 is 14.3 Å². The van der Waals surface area contributed by atoms with E-state index in [2.05, 4.69) is 15.2 Å². The Hall–Kier alpha value is -3.55. The van der Waals surface area contributed by atoms with Gasteiger partial charge in [-0.05, 0) is 42.8 Å². The number of hydrogen-bond acceptors (Lipinski definition) is 6. The summed E-state index contributed by atoms with van der Waals surface area (Å²) in [5.74, 6) is -0.465. The number of imidazole rings is 1. The van der Waals surface area contributed by atoms with E-state index in [0.29, 0.717) is 28.4 Å². The van der Waals surface area contributed by atoms with Crippen molar-refractivity contribution in [2.45, 2.75) is 13.3 Å². The number of fused-ring (bicyclic) bond motifs is 1. The highest BCUT2D eigenvalue weighted by Crippen LogP contribution is 2.26. The second-order valence-electron chi connectivity index (χ2n) is 5.63. The van der Waals surface area contributed by atoms with E-state index in [1.807, 2.05) is 19.1 Å². The predicted molar refractivity (Wildman–Crippen MR) is 94.8 cm³/mol. The van der Waals surface area contributed by atoms with Crippen LogP contribution in [0.5, 0.6) is 0 Å². The Kier molecular flexibility index (Phi) is 4.74. The first-order valence-corrected chi connectivity index (χ1v) is 7.84. The second-order valence-corrected chi connectivity index (χ2v) is 5.63. The van der Waals surface area contributed by atoms with Gasteiger partial charge < -0.3 is 10.5 Å². The van der Waals surface area contributed by atoms with Gasteiger partial charge in [0, 0.05) is 11.8 Å². The number of carbonyl (C=O) groups excluding carboxylic acids is 2. The molecule has 0 radical (unpaired) electrons. The number of amides is 1.